The number of ether oxygens (including phenoxy) is 1. The van der Waals surface area contributed by atoms with Crippen LogP contribution in [-0.4, -0.2) is 21.3 Å². The lowest BCUT2D eigenvalue weighted by Crippen LogP contribution is -2.17. The number of amides is 1. The van der Waals surface area contributed by atoms with Gasteiger partial charge in [-0.15, -0.1) is 0 Å². The summed E-state index contributed by atoms with van der Waals surface area (Å²) in [6.07, 6.45) is 2.96. The van der Waals surface area contributed by atoms with Gasteiger partial charge in [-0.3, -0.25) is 15.4 Å². The van der Waals surface area contributed by atoms with Crippen molar-refractivity contribution >= 4 is 11.9 Å². The minimum atomic E-state index is -0.753. The largest absolute Gasteiger partial charge is 0.418 e. The van der Waals surface area contributed by atoms with Crippen molar-refractivity contribution in [2.24, 2.45) is 0 Å². The molecule has 0 radical (unpaired) electrons. The highest BCUT2D eigenvalue weighted by atomic mass is 19.1. The number of halogens is 1. The first-order valence-corrected chi connectivity index (χ1v) is 4.33. The molecule has 2 aromatic rings. The van der Waals surface area contributed by atoms with Gasteiger partial charge in [-0.1, -0.05) is 0 Å². The number of H-pyrrole nitrogens is 1. The molecule has 2 rings (SSSR count). The quantitative estimate of drug-likeness (QED) is 0.807. The molecule has 0 fully saturated rings. The third-order valence-corrected chi connectivity index (χ3v) is 1.63. The Morgan fingerprint density at radius 1 is 1.50 bits per heavy atom. The number of aromatic nitrogens is 3. The van der Waals surface area contributed by atoms with Gasteiger partial charge >= 0.3 is 6.09 Å². The summed E-state index contributed by atoms with van der Waals surface area (Å²) in [5, 5.41) is 8.50. The third kappa shape index (κ3) is 2.53. The molecule has 0 spiro atoms. The van der Waals surface area contributed by atoms with Crippen molar-refractivity contribution in [1.29, 1.82) is 0 Å². The first-order valence-electron chi connectivity index (χ1n) is 4.33. The van der Waals surface area contributed by atoms with Crippen molar-refractivity contribution < 1.29 is 13.9 Å². The molecule has 0 saturated heterocycles. The second-order valence-electron chi connectivity index (χ2n) is 2.82. The van der Waals surface area contributed by atoms with Gasteiger partial charge in [-0.2, -0.15) is 5.10 Å². The van der Waals surface area contributed by atoms with Crippen molar-refractivity contribution in [3.8, 4) is 5.75 Å². The molecule has 2 heterocycles. The van der Waals surface area contributed by atoms with Gasteiger partial charge in [-0.25, -0.2) is 9.18 Å². The van der Waals surface area contributed by atoms with Crippen LogP contribution in [0.25, 0.3) is 0 Å². The Hall–Kier alpha value is -2.44. The molecule has 0 atom stereocenters. The smallest absolute Gasteiger partial charge is 0.408 e. The fourth-order valence-electron chi connectivity index (χ4n) is 1.02. The zero-order valence-corrected chi connectivity index (χ0v) is 7.98. The zero-order valence-electron chi connectivity index (χ0n) is 7.98. The number of carbonyl (C=O) groups is 1. The number of pyridine rings is 1. The predicted octanol–water partition coefficient (Wildman–Crippen LogP) is 1.55. The maximum absolute atomic E-state index is 12.7. The summed E-state index contributed by atoms with van der Waals surface area (Å²) in [5.74, 6) is -0.168. The van der Waals surface area contributed by atoms with Crippen molar-refractivity contribution in [2.75, 3.05) is 5.32 Å². The number of rotatable bonds is 2. The van der Waals surface area contributed by atoms with Gasteiger partial charge < -0.3 is 4.74 Å². The SMILES string of the molecule is O=C(Nc1ccn[nH]1)Oc1cncc(F)c1. The third-order valence-electron chi connectivity index (χ3n) is 1.63. The van der Waals surface area contributed by atoms with Gasteiger partial charge in [0.25, 0.3) is 0 Å². The molecule has 0 aliphatic rings. The number of hydrogen-bond acceptors (Lipinski definition) is 4. The van der Waals surface area contributed by atoms with Crippen LogP contribution in [-0.2, 0) is 0 Å². The number of nitrogens with zero attached hydrogens (tertiary/aromatic N) is 2. The average molecular weight is 222 g/mol. The highest BCUT2D eigenvalue weighted by Gasteiger charge is 2.06. The molecule has 0 aliphatic heterocycles. The maximum atomic E-state index is 12.7. The minimum Gasteiger partial charge on any atom is -0.408 e. The van der Waals surface area contributed by atoms with Crippen molar-refractivity contribution in [3.63, 3.8) is 0 Å². The molecule has 82 valence electrons. The summed E-state index contributed by atoms with van der Waals surface area (Å²) in [6, 6.07) is 2.60. The fourth-order valence-corrected chi connectivity index (χ4v) is 1.02. The van der Waals surface area contributed by atoms with Crippen LogP contribution in [0.2, 0.25) is 0 Å². The van der Waals surface area contributed by atoms with E-state index in [-0.39, 0.29) is 5.75 Å². The summed E-state index contributed by atoms with van der Waals surface area (Å²) >= 11 is 0. The Bertz CT molecular complexity index is 486. The van der Waals surface area contributed by atoms with Gasteiger partial charge in [-0.05, 0) is 0 Å². The normalized spacial score (nSPS) is 9.81. The predicted molar refractivity (Wildman–Crippen MR) is 52.4 cm³/mol. The lowest BCUT2D eigenvalue weighted by molar-refractivity contribution is 0.214. The van der Waals surface area contributed by atoms with Crippen LogP contribution < -0.4 is 10.1 Å². The maximum Gasteiger partial charge on any atom is 0.418 e. The second-order valence-corrected chi connectivity index (χ2v) is 2.82. The van der Waals surface area contributed by atoms with Gasteiger partial charge in [0.05, 0.1) is 18.6 Å². The van der Waals surface area contributed by atoms with Crippen LogP contribution in [0.3, 0.4) is 0 Å². The van der Waals surface area contributed by atoms with E-state index in [0.29, 0.717) is 5.82 Å². The van der Waals surface area contributed by atoms with Crippen molar-refractivity contribution in [2.45, 2.75) is 0 Å². The Labute approximate surface area is 89.5 Å². The Balaban J connectivity index is 1.97. The zero-order chi connectivity index (χ0) is 11.4. The molecule has 16 heavy (non-hydrogen) atoms. The molecule has 2 N–H and O–H groups in total. The molecule has 0 aliphatic carbocycles. The van der Waals surface area contributed by atoms with Crippen molar-refractivity contribution in [1.82, 2.24) is 15.2 Å². The van der Waals surface area contributed by atoms with Gasteiger partial charge in [0, 0.05) is 12.1 Å². The average Bonchev–Trinajstić information content (AvgIpc) is 2.70. The first-order chi connectivity index (χ1) is 7.74. The molecule has 0 saturated carbocycles. The standard InChI is InChI=1S/C9H7FN4O2/c10-6-3-7(5-11-4-6)16-9(15)13-8-1-2-12-14-8/h1-5H,(H2,12,13,14,15). The summed E-state index contributed by atoms with van der Waals surface area (Å²) in [7, 11) is 0. The van der Waals surface area contributed by atoms with E-state index in [1.54, 1.807) is 6.07 Å². The molecule has 0 unspecified atom stereocenters. The summed E-state index contributed by atoms with van der Waals surface area (Å²) in [5.41, 5.74) is 0. The molecular formula is C9H7FN4O2. The summed E-state index contributed by atoms with van der Waals surface area (Å²) in [4.78, 5) is 14.8. The summed E-state index contributed by atoms with van der Waals surface area (Å²) in [6.45, 7) is 0. The molecule has 1 amide bonds. The second kappa shape index (κ2) is 4.39. The van der Waals surface area contributed by atoms with E-state index >= 15 is 0 Å². The molecule has 2 aromatic heterocycles. The minimum absolute atomic E-state index is 0.0250. The van der Waals surface area contributed by atoms with Gasteiger partial charge in [0.1, 0.15) is 11.6 Å². The van der Waals surface area contributed by atoms with Crippen molar-refractivity contribution in [3.05, 3.63) is 36.5 Å². The topological polar surface area (TPSA) is 79.9 Å². The van der Waals surface area contributed by atoms with E-state index < -0.39 is 11.9 Å². The Morgan fingerprint density at radius 2 is 2.38 bits per heavy atom. The number of aromatic amines is 1. The number of carbonyl (C=O) groups excluding carboxylic acids is 1. The lowest BCUT2D eigenvalue weighted by atomic mass is 10.4. The number of hydrogen-bond donors (Lipinski definition) is 2. The van der Waals surface area contributed by atoms with Crippen LogP contribution >= 0.6 is 0 Å². The molecule has 0 aromatic carbocycles. The van der Waals surface area contributed by atoms with Gasteiger partial charge in [0.2, 0.25) is 0 Å². The van der Waals surface area contributed by atoms with E-state index in [2.05, 4.69) is 20.5 Å². The van der Waals surface area contributed by atoms with E-state index in [9.17, 15) is 9.18 Å². The Morgan fingerprint density at radius 3 is 3.06 bits per heavy atom. The van der Waals surface area contributed by atoms with Gasteiger partial charge in [0.15, 0.2) is 5.75 Å². The number of anilines is 1. The first kappa shape index (κ1) is 10.1. The highest BCUT2D eigenvalue weighted by molar-refractivity contribution is 5.84. The van der Waals surface area contributed by atoms with Crippen LogP contribution in [0.15, 0.2) is 30.7 Å². The number of nitrogens with one attached hydrogen (secondary N) is 2. The highest BCUT2D eigenvalue weighted by Crippen LogP contribution is 2.10. The summed E-state index contributed by atoms with van der Waals surface area (Å²) < 4.78 is 17.5. The lowest BCUT2D eigenvalue weighted by Gasteiger charge is -2.03. The van der Waals surface area contributed by atoms with Crippen LogP contribution in [0, 0.1) is 5.82 Å². The van der Waals surface area contributed by atoms with E-state index in [4.69, 9.17) is 4.74 Å². The van der Waals surface area contributed by atoms with E-state index in [1.807, 2.05) is 0 Å². The molecular weight excluding hydrogens is 215 g/mol. The van der Waals surface area contributed by atoms with E-state index in [0.717, 1.165) is 12.3 Å². The van der Waals surface area contributed by atoms with Crippen LogP contribution in [0.5, 0.6) is 5.75 Å². The fraction of sp³-hybridized carbons (Fsp3) is 0. The monoisotopic (exact) mass is 222 g/mol. The molecule has 0 bridgehead atoms. The molecule has 7 heteroatoms. The Kier molecular flexibility index (Phi) is 2.77. The van der Waals surface area contributed by atoms with Crippen LogP contribution in [0.4, 0.5) is 15.0 Å². The van der Waals surface area contributed by atoms with E-state index in [1.165, 1.54) is 12.4 Å². The molecule has 6 nitrogen and oxygen atoms in total. The van der Waals surface area contributed by atoms with Crippen LogP contribution in [0.1, 0.15) is 0 Å².